The number of nitrogens with zero attached hydrogens (tertiary/aromatic N) is 2. The molecule has 1 atom stereocenters. The molecule has 0 aliphatic heterocycles. The van der Waals surface area contributed by atoms with E-state index in [0.29, 0.717) is 11.6 Å². The van der Waals surface area contributed by atoms with Crippen molar-refractivity contribution < 1.29 is 9.53 Å². The number of para-hydroxylation sites is 1. The van der Waals surface area contributed by atoms with Crippen molar-refractivity contribution in [3.63, 3.8) is 0 Å². The Morgan fingerprint density at radius 1 is 1.08 bits per heavy atom. The van der Waals surface area contributed by atoms with E-state index in [-0.39, 0.29) is 11.9 Å². The lowest BCUT2D eigenvalue weighted by Gasteiger charge is -2.12. The van der Waals surface area contributed by atoms with Crippen molar-refractivity contribution in [2.75, 3.05) is 0 Å². The van der Waals surface area contributed by atoms with Gasteiger partial charge in [-0.15, -0.1) is 0 Å². The van der Waals surface area contributed by atoms with Crippen molar-refractivity contribution >= 4 is 5.97 Å². The maximum absolute atomic E-state index is 12.2. The van der Waals surface area contributed by atoms with Gasteiger partial charge in [-0.25, -0.2) is 9.97 Å². The molecule has 0 aliphatic carbocycles. The monoisotopic (exact) mass is 354 g/mol. The molecule has 2 aromatic rings. The molecule has 1 aromatic carbocycles. The molecule has 4 heteroatoms. The van der Waals surface area contributed by atoms with Crippen LogP contribution in [0.15, 0.2) is 36.5 Å². The maximum Gasteiger partial charge on any atom is 0.314 e. The first-order chi connectivity index (χ1) is 12.7. The minimum absolute atomic E-state index is 0.126. The molecular formula is C22H30N2O2. The lowest BCUT2D eigenvalue weighted by atomic mass is 10.1. The van der Waals surface area contributed by atoms with Gasteiger partial charge >= 0.3 is 5.97 Å². The minimum atomic E-state index is -0.216. The highest BCUT2D eigenvalue weighted by Crippen LogP contribution is 2.28. The lowest BCUT2D eigenvalue weighted by molar-refractivity contribution is -0.138. The summed E-state index contributed by atoms with van der Waals surface area (Å²) in [6.45, 7) is 6.08. The summed E-state index contributed by atoms with van der Waals surface area (Å²) in [4.78, 5) is 21.2. The van der Waals surface area contributed by atoms with Gasteiger partial charge in [0.15, 0.2) is 5.82 Å². The van der Waals surface area contributed by atoms with E-state index in [9.17, 15) is 4.79 Å². The first-order valence-corrected chi connectivity index (χ1v) is 9.78. The van der Waals surface area contributed by atoms with E-state index in [1.165, 1.54) is 25.7 Å². The van der Waals surface area contributed by atoms with Gasteiger partial charge in [0.25, 0.3) is 0 Å². The van der Waals surface area contributed by atoms with Gasteiger partial charge in [-0.3, -0.25) is 4.79 Å². The maximum atomic E-state index is 12.2. The van der Waals surface area contributed by atoms with E-state index in [4.69, 9.17) is 9.72 Å². The molecule has 140 valence electrons. The molecule has 1 unspecified atom stereocenters. The highest BCUT2D eigenvalue weighted by Gasteiger charge is 2.16. The van der Waals surface area contributed by atoms with Gasteiger partial charge in [-0.05, 0) is 37.5 Å². The highest BCUT2D eigenvalue weighted by molar-refractivity contribution is 5.77. The second-order valence-electron chi connectivity index (χ2n) is 6.76. The van der Waals surface area contributed by atoms with Crippen LogP contribution in [0, 0.1) is 5.92 Å². The number of aryl methyl sites for hydroxylation is 1. The normalized spacial score (nSPS) is 12.0. The molecule has 1 aromatic heterocycles. The number of hydrogen-bond acceptors (Lipinski definition) is 4. The van der Waals surface area contributed by atoms with Crippen molar-refractivity contribution in [2.24, 2.45) is 5.92 Å². The quantitative estimate of drug-likeness (QED) is 0.316. The van der Waals surface area contributed by atoms with Crippen LogP contribution in [0.5, 0.6) is 5.75 Å². The molecule has 0 saturated heterocycles. The molecule has 2 rings (SSSR count). The van der Waals surface area contributed by atoms with Crippen LogP contribution in [0.4, 0.5) is 0 Å². The summed E-state index contributed by atoms with van der Waals surface area (Å²) in [5.74, 6) is 0.798. The average molecular weight is 354 g/mol. The topological polar surface area (TPSA) is 52.1 Å². The van der Waals surface area contributed by atoms with Crippen LogP contribution < -0.4 is 4.74 Å². The lowest BCUT2D eigenvalue weighted by Crippen LogP contribution is -2.17. The van der Waals surface area contributed by atoms with Gasteiger partial charge in [0.05, 0.1) is 11.5 Å². The van der Waals surface area contributed by atoms with Gasteiger partial charge < -0.3 is 4.74 Å². The summed E-state index contributed by atoms with van der Waals surface area (Å²) < 4.78 is 5.60. The summed E-state index contributed by atoms with van der Waals surface area (Å²) in [5, 5.41) is 0. The van der Waals surface area contributed by atoms with Gasteiger partial charge in [0.1, 0.15) is 5.75 Å². The van der Waals surface area contributed by atoms with E-state index in [2.05, 4.69) is 11.9 Å². The number of aromatic nitrogens is 2. The van der Waals surface area contributed by atoms with Crippen LogP contribution in [0.1, 0.15) is 65.0 Å². The van der Waals surface area contributed by atoms with Crippen molar-refractivity contribution in [1.82, 2.24) is 9.97 Å². The molecule has 0 saturated carbocycles. The second-order valence-corrected chi connectivity index (χ2v) is 6.76. The molecular weight excluding hydrogens is 324 g/mol. The molecule has 4 nitrogen and oxygen atoms in total. The van der Waals surface area contributed by atoms with Gasteiger partial charge in [-0.2, -0.15) is 0 Å². The molecule has 1 heterocycles. The van der Waals surface area contributed by atoms with Crippen molar-refractivity contribution in [1.29, 1.82) is 0 Å². The van der Waals surface area contributed by atoms with Crippen LogP contribution in [-0.2, 0) is 11.2 Å². The third-order valence-electron chi connectivity index (χ3n) is 4.60. The Hall–Kier alpha value is -2.23. The van der Waals surface area contributed by atoms with Crippen LogP contribution in [0.3, 0.4) is 0 Å². The van der Waals surface area contributed by atoms with Crippen molar-refractivity contribution in [3.05, 3.63) is 42.2 Å². The molecule has 0 radical (unpaired) electrons. The first kappa shape index (κ1) is 20.1. The Morgan fingerprint density at radius 2 is 1.85 bits per heavy atom. The second kappa shape index (κ2) is 10.7. The Balaban J connectivity index is 2.11. The van der Waals surface area contributed by atoms with Crippen molar-refractivity contribution in [3.8, 4) is 17.1 Å². The third-order valence-corrected chi connectivity index (χ3v) is 4.60. The predicted molar refractivity (Wildman–Crippen MR) is 105 cm³/mol. The van der Waals surface area contributed by atoms with E-state index in [1.54, 1.807) is 12.3 Å². The molecule has 0 amide bonds. The number of carbonyl (C=O) groups excluding carboxylic acids is 1. The molecule has 0 bridgehead atoms. The number of esters is 1. The van der Waals surface area contributed by atoms with Gasteiger partial charge in [0, 0.05) is 11.9 Å². The van der Waals surface area contributed by atoms with Crippen LogP contribution in [0.25, 0.3) is 11.4 Å². The van der Waals surface area contributed by atoms with Crippen LogP contribution in [-0.4, -0.2) is 15.9 Å². The molecule has 0 aliphatic rings. The van der Waals surface area contributed by atoms with E-state index in [0.717, 1.165) is 30.5 Å². The van der Waals surface area contributed by atoms with Crippen molar-refractivity contribution in [2.45, 2.75) is 65.7 Å². The number of unbranched alkanes of at least 4 members (excludes halogenated alkanes) is 4. The number of rotatable bonds is 10. The summed E-state index contributed by atoms with van der Waals surface area (Å²) in [6.07, 6.45) is 9.70. The smallest absolute Gasteiger partial charge is 0.314 e. The Bertz CT molecular complexity index is 700. The largest absolute Gasteiger partial charge is 0.426 e. The summed E-state index contributed by atoms with van der Waals surface area (Å²) >= 11 is 0. The minimum Gasteiger partial charge on any atom is -0.426 e. The number of hydrogen-bond donors (Lipinski definition) is 0. The fraction of sp³-hybridized carbons (Fsp3) is 0.500. The predicted octanol–water partition coefficient (Wildman–Crippen LogP) is 5.61. The summed E-state index contributed by atoms with van der Waals surface area (Å²) in [5.41, 5.74) is 1.80. The van der Waals surface area contributed by atoms with Gasteiger partial charge in [0.2, 0.25) is 0 Å². The summed E-state index contributed by atoms with van der Waals surface area (Å²) in [6, 6.07) is 9.45. The fourth-order valence-corrected chi connectivity index (χ4v) is 2.69. The number of carbonyl (C=O) groups is 1. The van der Waals surface area contributed by atoms with Crippen LogP contribution >= 0.6 is 0 Å². The van der Waals surface area contributed by atoms with E-state index < -0.39 is 0 Å². The van der Waals surface area contributed by atoms with E-state index in [1.807, 2.05) is 38.1 Å². The standard InChI is InChI=1S/C22H30N2O2/c1-4-6-7-8-9-12-18-15-16-23-21(24-18)19-13-10-11-14-20(19)26-22(25)17(3)5-2/h10-11,13-17H,4-9,12H2,1-3H3. The zero-order valence-corrected chi connectivity index (χ0v) is 16.2. The van der Waals surface area contributed by atoms with Crippen LogP contribution in [0.2, 0.25) is 0 Å². The fourth-order valence-electron chi connectivity index (χ4n) is 2.69. The average Bonchev–Trinajstić information content (AvgIpc) is 2.67. The number of benzene rings is 1. The molecule has 0 fully saturated rings. The SMILES string of the molecule is CCCCCCCc1ccnc(-c2ccccc2OC(=O)C(C)CC)n1. The summed E-state index contributed by atoms with van der Waals surface area (Å²) in [7, 11) is 0. The molecule has 26 heavy (non-hydrogen) atoms. The first-order valence-electron chi connectivity index (χ1n) is 9.78. The Kier molecular flexibility index (Phi) is 8.26. The van der Waals surface area contributed by atoms with Gasteiger partial charge in [-0.1, -0.05) is 58.6 Å². The molecule has 0 N–H and O–H groups in total. The zero-order valence-electron chi connectivity index (χ0n) is 16.2. The Labute approximate surface area is 157 Å². The molecule has 0 spiro atoms. The number of ether oxygens (including phenoxy) is 1. The third kappa shape index (κ3) is 5.94. The van der Waals surface area contributed by atoms with E-state index >= 15 is 0 Å². The highest BCUT2D eigenvalue weighted by atomic mass is 16.5. The Morgan fingerprint density at radius 3 is 2.62 bits per heavy atom. The zero-order chi connectivity index (χ0) is 18.8.